The summed E-state index contributed by atoms with van der Waals surface area (Å²) in [6.45, 7) is 1.70. The molecule has 0 radical (unpaired) electrons. The molecule has 0 aromatic heterocycles. The standard InChI is InChI=1S/C13H18ClNO3S2/c1-9(8-20(4,17)18)15(2)13(16)11-7-10(19-3)5-6-12(11)14/h5-7,9H,8H2,1-4H3/t9-/m0/s1. The highest BCUT2D eigenvalue weighted by molar-refractivity contribution is 7.98. The molecule has 0 N–H and O–H groups in total. The van der Waals surface area contributed by atoms with Crippen LogP contribution in [0.1, 0.15) is 17.3 Å². The molecule has 1 atom stereocenters. The molecular weight excluding hydrogens is 318 g/mol. The fourth-order valence-corrected chi connectivity index (χ4v) is 3.47. The van der Waals surface area contributed by atoms with Gasteiger partial charge in [-0.1, -0.05) is 11.6 Å². The van der Waals surface area contributed by atoms with E-state index < -0.39 is 15.9 Å². The van der Waals surface area contributed by atoms with Gasteiger partial charge in [0.1, 0.15) is 9.84 Å². The van der Waals surface area contributed by atoms with E-state index in [0.717, 1.165) is 11.2 Å². The Morgan fingerprint density at radius 1 is 1.45 bits per heavy atom. The normalized spacial score (nSPS) is 13.1. The molecule has 0 saturated heterocycles. The number of carbonyl (C=O) groups is 1. The maximum Gasteiger partial charge on any atom is 0.255 e. The van der Waals surface area contributed by atoms with Crippen molar-refractivity contribution < 1.29 is 13.2 Å². The second-order valence-corrected chi connectivity index (χ2v) is 8.17. The number of halogens is 1. The number of sulfone groups is 1. The van der Waals surface area contributed by atoms with Crippen molar-refractivity contribution in [1.29, 1.82) is 0 Å². The Balaban J connectivity index is 2.99. The van der Waals surface area contributed by atoms with Crippen molar-refractivity contribution in [2.75, 3.05) is 25.3 Å². The van der Waals surface area contributed by atoms with Gasteiger partial charge >= 0.3 is 0 Å². The molecule has 7 heteroatoms. The topological polar surface area (TPSA) is 54.5 Å². The van der Waals surface area contributed by atoms with E-state index in [0.29, 0.717) is 10.6 Å². The third kappa shape index (κ3) is 4.68. The summed E-state index contributed by atoms with van der Waals surface area (Å²) in [5.74, 6) is -0.350. The van der Waals surface area contributed by atoms with Crippen LogP contribution in [0.25, 0.3) is 0 Å². The fraction of sp³-hybridized carbons (Fsp3) is 0.462. The van der Waals surface area contributed by atoms with Crippen LogP contribution in [0.5, 0.6) is 0 Å². The van der Waals surface area contributed by atoms with Crippen molar-refractivity contribution in [1.82, 2.24) is 4.90 Å². The van der Waals surface area contributed by atoms with Gasteiger partial charge in [0.15, 0.2) is 0 Å². The van der Waals surface area contributed by atoms with E-state index in [4.69, 9.17) is 11.6 Å². The third-order valence-electron chi connectivity index (χ3n) is 2.93. The Labute approximate surface area is 129 Å². The van der Waals surface area contributed by atoms with Gasteiger partial charge in [-0.05, 0) is 31.4 Å². The molecule has 0 aliphatic carbocycles. The van der Waals surface area contributed by atoms with E-state index in [9.17, 15) is 13.2 Å². The Morgan fingerprint density at radius 3 is 2.55 bits per heavy atom. The van der Waals surface area contributed by atoms with Crippen molar-refractivity contribution >= 4 is 39.1 Å². The highest BCUT2D eigenvalue weighted by Crippen LogP contribution is 2.24. The molecule has 0 aliphatic rings. The second kappa shape index (κ2) is 6.83. The minimum Gasteiger partial charge on any atom is -0.338 e. The van der Waals surface area contributed by atoms with Crippen molar-refractivity contribution in [2.45, 2.75) is 17.9 Å². The van der Waals surface area contributed by atoms with Crippen LogP contribution in [0, 0.1) is 0 Å². The molecule has 0 bridgehead atoms. The number of thioether (sulfide) groups is 1. The summed E-state index contributed by atoms with van der Waals surface area (Å²) in [5.41, 5.74) is 0.390. The summed E-state index contributed by atoms with van der Waals surface area (Å²) < 4.78 is 22.6. The summed E-state index contributed by atoms with van der Waals surface area (Å²) in [6, 6.07) is 4.82. The molecule has 0 unspecified atom stereocenters. The van der Waals surface area contributed by atoms with E-state index in [2.05, 4.69) is 0 Å². The highest BCUT2D eigenvalue weighted by atomic mass is 35.5. The van der Waals surface area contributed by atoms with Crippen molar-refractivity contribution in [3.05, 3.63) is 28.8 Å². The Kier molecular flexibility index (Phi) is 5.91. The fourth-order valence-electron chi connectivity index (χ4n) is 1.74. The lowest BCUT2D eigenvalue weighted by Crippen LogP contribution is -2.39. The van der Waals surface area contributed by atoms with Gasteiger partial charge in [-0.15, -0.1) is 11.8 Å². The first-order valence-electron chi connectivity index (χ1n) is 5.94. The average Bonchev–Trinajstić information content (AvgIpc) is 2.35. The van der Waals surface area contributed by atoms with Crippen LogP contribution in [0.3, 0.4) is 0 Å². The first-order chi connectivity index (χ1) is 9.15. The summed E-state index contributed by atoms with van der Waals surface area (Å²) in [4.78, 5) is 14.7. The lowest BCUT2D eigenvalue weighted by Gasteiger charge is -2.25. The average molecular weight is 336 g/mol. The highest BCUT2D eigenvalue weighted by Gasteiger charge is 2.22. The monoisotopic (exact) mass is 335 g/mol. The summed E-state index contributed by atoms with van der Waals surface area (Å²) in [7, 11) is -1.55. The van der Waals surface area contributed by atoms with Crippen LogP contribution in [-0.2, 0) is 9.84 Å². The maximum atomic E-state index is 12.4. The molecule has 1 rings (SSSR count). The Bertz CT molecular complexity index is 602. The van der Waals surface area contributed by atoms with Gasteiger partial charge in [0, 0.05) is 24.2 Å². The second-order valence-electron chi connectivity index (χ2n) is 4.70. The maximum absolute atomic E-state index is 12.4. The first kappa shape index (κ1) is 17.3. The number of hydrogen-bond donors (Lipinski definition) is 0. The molecule has 20 heavy (non-hydrogen) atoms. The number of amides is 1. The molecule has 0 fully saturated rings. The SMILES string of the molecule is CSc1ccc(Cl)c(C(=O)N(C)[C@@H](C)CS(C)(=O)=O)c1. The van der Waals surface area contributed by atoms with Crippen LogP contribution in [0.4, 0.5) is 0 Å². The minimum absolute atomic E-state index is 0.0743. The number of benzene rings is 1. The molecular formula is C13H18ClNO3S2. The molecule has 1 aromatic carbocycles. The lowest BCUT2D eigenvalue weighted by molar-refractivity contribution is 0.0757. The molecule has 1 amide bonds. The quantitative estimate of drug-likeness (QED) is 0.776. The number of carbonyl (C=O) groups excluding carboxylic acids is 1. The van der Waals surface area contributed by atoms with E-state index in [1.165, 1.54) is 16.7 Å². The van der Waals surface area contributed by atoms with Gasteiger partial charge in [-0.25, -0.2) is 8.42 Å². The molecule has 0 spiro atoms. The zero-order chi connectivity index (χ0) is 15.5. The van der Waals surface area contributed by atoms with Gasteiger partial charge < -0.3 is 4.90 Å². The number of nitrogens with zero attached hydrogens (tertiary/aromatic N) is 1. The molecule has 0 aliphatic heterocycles. The first-order valence-corrected chi connectivity index (χ1v) is 9.60. The van der Waals surface area contributed by atoms with Gasteiger partial charge in [-0.3, -0.25) is 4.79 Å². The van der Waals surface area contributed by atoms with E-state index in [1.807, 2.05) is 12.3 Å². The number of rotatable bonds is 5. The van der Waals surface area contributed by atoms with Crippen molar-refractivity contribution in [3.8, 4) is 0 Å². The predicted octanol–water partition coefficient (Wildman–Crippen LogP) is 2.57. The molecule has 4 nitrogen and oxygen atoms in total. The zero-order valence-corrected chi connectivity index (χ0v) is 14.3. The molecule has 112 valence electrons. The van der Waals surface area contributed by atoms with Gasteiger partial charge in [0.25, 0.3) is 5.91 Å². The summed E-state index contributed by atoms with van der Waals surface area (Å²) >= 11 is 7.57. The Hall–Kier alpha value is -0.720. The van der Waals surface area contributed by atoms with Crippen LogP contribution >= 0.6 is 23.4 Å². The molecule has 0 saturated carbocycles. The smallest absolute Gasteiger partial charge is 0.255 e. The minimum atomic E-state index is -3.14. The Morgan fingerprint density at radius 2 is 2.05 bits per heavy atom. The lowest BCUT2D eigenvalue weighted by atomic mass is 10.2. The van der Waals surface area contributed by atoms with Crippen molar-refractivity contribution in [2.24, 2.45) is 0 Å². The van der Waals surface area contributed by atoms with E-state index in [1.54, 1.807) is 26.1 Å². The predicted molar refractivity (Wildman–Crippen MR) is 84.5 cm³/mol. The van der Waals surface area contributed by atoms with Crippen molar-refractivity contribution in [3.63, 3.8) is 0 Å². The summed E-state index contributed by atoms with van der Waals surface area (Å²) in [6.07, 6.45) is 3.07. The van der Waals surface area contributed by atoms with E-state index in [-0.39, 0.29) is 11.7 Å². The van der Waals surface area contributed by atoms with Crippen LogP contribution in [0.2, 0.25) is 5.02 Å². The molecule has 1 aromatic rings. The van der Waals surface area contributed by atoms with Gasteiger partial charge in [-0.2, -0.15) is 0 Å². The van der Waals surface area contributed by atoms with Crippen LogP contribution in [0.15, 0.2) is 23.1 Å². The summed E-state index contributed by atoms with van der Waals surface area (Å²) in [5, 5.41) is 0.367. The number of hydrogen-bond acceptors (Lipinski definition) is 4. The van der Waals surface area contributed by atoms with Crippen LogP contribution in [-0.4, -0.2) is 50.6 Å². The van der Waals surface area contributed by atoms with E-state index >= 15 is 0 Å². The third-order valence-corrected chi connectivity index (χ3v) is 5.07. The van der Waals surface area contributed by atoms with Crippen LogP contribution < -0.4 is 0 Å². The van der Waals surface area contributed by atoms with Gasteiger partial charge in [0.2, 0.25) is 0 Å². The molecule has 0 heterocycles. The van der Waals surface area contributed by atoms with Gasteiger partial charge in [0.05, 0.1) is 16.3 Å². The zero-order valence-electron chi connectivity index (χ0n) is 11.9. The largest absolute Gasteiger partial charge is 0.338 e.